The summed E-state index contributed by atoms with van der Waals surface area (Å²) in [5, 5.41) is 0. The van der Waals surface area contributed by atoms with Gasteiger partial charge in [0.1, 0.15) is 0 Å². The third-order valence-corrected chi connectivity index (χ3v) is 15.3. The summed E-state index contributed by atoms with van der Waals surface area (Å²) < 4.78 is 24.1. The molecular formula is C47H79N8OP. The lowest BCUT2D eigenvalue weighted by atomic mass is 9.75. The van der Waals surface area contributed by atoms with Gasteiger partial charge in [-0.1, -0.05) is 142 Å². The molecule has 1 aliphatic heterocycles. The zero-order valence-corrected chi connectivity index (χ0v) is 36.3. The van der Waals surface area contributed by atoms with Crippen LogP contribution in [0.3, 0.4) is 0 Å². The van der Waals surface area contributed by atoms with Gasteiger partial charge >= 0.3 is 0 Å². The first-order valence-electron chi connectivity index (χ1n) is 22.7. The number of benzene rings is 3. The minimum absolute atomic E-state index is 0.489. The minimum atomic E-state index is -3.16. The van der Waals surface area contributed by atoms with Gasteiger partial charge in [0, 0.05) is 52.4 Å². The van der Waals surface area contributed by atoms with Crippen LogP contribution in [0.4, 0.5) is 0 Å². The summed E-state index contributed by atoms with van der Waals surface area (Å²) in [6.07, 6.45) is 17.2. The normalized spacial score (nSPS) is 14.6. The highest BCUT2D eigenvalue weighted by Crippen LogP contribution is 2.58. The van der Waals surface area contributed by atoms with Crippen molar-refractivity contribution in [3.05, 3.63) is 108 Å². The van der Waals surface area contributed by atoms with Crippen LogP contribution in [-0.2, 0) is 10.1 Å². The van der Waals surface area contributed by atoms with Crippen molar-refractivity contribution in [1.29, 1.82) is 0 Å². The van der Waals surface area contributed by atoms with Crippen LogP contribution >= 0.6 is 7.59 Å². The highest BCUT2D eigenvalue weighted by Gasteiger charge is 2.48. The maximum absolute atomic E-state index is 16.7. The van der Waals surface area contributed by atoms with Crippen molar-refractivity contribution in [2.45, 2.75) is 108 Å². The Morgan fingerprint density at radius 1 is 0.421 bits per heavy atom. The molecule has 1 heterocycles. The Morgan fingerprint density at radius 2 is 0.702 bits per heavy atom. The Kier molecular flexibility index (Phi) is 22.7. The monoisotopic (exact) mass is 803 g/mol. The van der Waals surface area contributed by atoms with Gasteiger partial charge in [-0.25, -0.2) is 14.0 Å². The maximum Gasteiger partial charge on any atom is 0.286 e. The van der Waals surface area contributed by atoms with Gasteiger partial charge < -0.3 is 22.9 Å². The smallest absolute Gasteiger partial charge is 0.286 e. The Hall–Kier alpha value is -2.43. The number of rotatable bonds is 31. The number of piperazine rings is 1. The summed E-state index contributed by atoms with van der Waals surface area (Å²) in [6.45, 7) is 9.36. The van der Waals surface area contributed by atoms with Crippen LogP contribution in [0.15, 0.2) is 91.0 Å². The van der Waals surface area contributed by atoms with E-state index in [1.54, 1.807) is 0 Å². The molecule has 10 heteroatoms. The molecule has 0 aromatic heterocycles. The molecule has 0 spiro atoms. The average molecular weight is 803 g/mol. The summed E-state index contributed by atoms with van der Waals surface area (Å²) in [5.41, 5.74) is 26.9. The first kappa shape index (κ1) is 47.3. The molecule has 1 saturated heterocycles. The highest BCUT2D eigenvalue weighted by molar-refractivity contribution is 7.56. The second-order valence-electron chi connectivity index (χ2n) is 16.0. The lowest BCUT2D eigenvalue weighted by Crippen LogP contribution is -2.57. The van der Waals surface area contributed by atoms with Gasteiger partial charge in [-0.3, -0.25) is 9.46 Å². The topological polar surface area (TPSA) is 134 Å². The molecule has 0 unspecified atom stereocenters. The fourth-order valence-electron chi connectivity index (χ4n) is 8.83. The summed E-state index contributed by atoms with van der Waals surface area (Å²) in [5.74, 6) is 0. The van der Waals surface area contributed by atoms with Crippen molar-refractivity contribution >= 4 is 7.59 Å². The summed E-state index contributed by atoms with van der Waals surface area (Å²) in [7, 11) is -3.16. The van der Waals surface area contributed by atoms with E-state index in [-0.39, 0.29) is 0 Å². The number of hydrogen-bond donors (Lipinski definition) is 4. The lowest BCUT2D eigenvalue weighted by Gasteiger charge is -2.52. The molecule has 1 fully saturated rings. The molecule has 9 nitrogen and oxygen atoms in total. The van der Waals surface area contributed by atoms with Gasteiger partial charge in [-0.2, -0.15) is 0 Å². The third-order valence-electron chi connectivity index (χ3n) is 11.9. The highest BCUT2D eigenvalue weighted by atomic mass is 31.2. The van der Waals surface area contributed by atoms with Gasteiger partial charge in [0.25, 0.3) is 7.59 Å². The van der Waals surface area contributed by atoms with Crippen molar-refractivity contribution in [3.8, 4) is 0 Å². The number of unbranched alkanes of at least 4 members (excludes halogenated alkanes) is 12. The van der Waals surface area contributed by atoms with Gasteiger partial charge in [0.05, 0.1) is 5.54 Å². The van der Waals surface area contributed by atoms with Crippen LogP contribution in [0.25, 0.3) is 0 Å². The van der Waals surface area contributed by atoms with Crippen LogP contribution in [0.1, 0.15) is 119 Å². The van der Waals surface area contributed by atoms with Gasteiger partial charge in [0.15, 0.2) is 0 Å². The standard InChI is InChI=1S/C47H79N8OP/c48-32-18-1-5-22-36-53(37-23-6-2-19-33-49)57(56,54(38-24-7-3-20-34-50)39-25-8-4-21-35-51)55-42-40-52(41-43-55)47(44-26-12-9-13-27-44,45-28-14-10-15-29-45)46-30-16-11-17-31-46/h9-17,26-31H,1-8,18-25,32-43,48-51H2. The van der Waals surface area contributed by atoms with Crippen LogP contribution in [0, 0.1) is 0 Å². The molecule has 8 N–H and O–H groups in total. The van der Waals surface area contributed by atoms with E-state index in [2.05, 4.69) is 110 Å². The molecule has 0 atom stereocenters. The Labute approximate surface area is 347 Å². The first-order chi connectivity index (χ1) is 28.1. The van der Waals surface area contributed by atoms with Gasteiger partial charge in [0.2, 0.25) is 0 Å². The van der Waals surface area contributed by atoms with E-state index in [0.717, 1.165) is 181 Å². The summed E-state index contributed by atoms with van der Waals surface area (Å²) in [6, 6.07) is 33.0. The Balaban J connectivity index is 1.74. The van der Waals surface area contributed by atoms with E-state index in [1.807, 2.05) is 0 Å². The zero-order valence-electron chi connectivity index (χ0n) is 35.4. The lowest BCUT2D eigenvalue weighted by molar-refractivity contribution is 0.0966. The van der Waals surface area contributed by atoms with E-state index < -0.39 is 13.1 Å². The van der Waals surface area contributed by atoms with E-state index in [9.17, 15) is 0 Å². The summed E-state index contributed by atoms with van der Waals surface area (Å²) >= 11 is 0. The molecular weight excluding hydrogens is 724 g/mol. The molecule has 0 radical (unpaired) electrons. The molecule has 0 aliphatic carbocycles. The van der Waals surface area contributed by atoms with E-state index in [4.69, 9.17) is 22.9 Å². The molecule has 3 aromatic carbocycles. The molecule has 0 bridgehead atoms. The molecule has 0 amide bonds. The average Bonchev–Trinajstić information content (AvgIpc) is 3.26. The van der Waals surface area contributed by atoms with E-state index in [0.29, 0.717) is 0 Å². The van der Waals surface area contributed by atoms with E-state index in [1.165, 1.54) is 16.7 Å². The molecule has 1 aliphatic rings. The zero-order chi connectivity index (χ0) is 40.4. The van der Waals surface area contributed by atoms with Crippen molar-refractivity contribution in [1.82, 2.24) is 18.9 Å². The van der Waals surface area contributed by atoms with Crippen molar-refractivity contribution in [2.24, 2.45) is 22.9 Å². The fourth-order valence-corrected chi connectivity index (χ4v) is 12.2. The van der Waals surface area contributed by atoms with Crippen LogP contribution in [0.5, 0.6) is 0 Å². The fraction of sp³-hybridized carbons (Fsp3) is 0.617. The van der Waals surface area contributed by atoms with Crippen LogP contribution in [-0.4, -0.2) is 97.4 Å². The quantitative estimate of drug-likeness (QED) is 0.0288. The largest absolute Gasteiger partial charge is 0.330 e. The van der Waals surface area contributed by atoms with Crippen molar-refractivity contribution < 1.29 is 4.57 Å². The number of nitrogens with zero attached hydrogens (tertiary/aromatic N) is 4. The predicted molar refractivity (Wildman–Crippen MR) is 243 cm³/mol. The molecule has 4 rings (SSSR count). The SMILES string of the molecule is NCCCCCCN(CCCCCCN)P(=O)(N(CCCCCCN)CCCCCCN)N1CCN(C(c2ccccc2)(c2ccccc2)c2ccccc2)CC1. The van der Waals surface area contributed by atoms with Crippen molar-refractivity contribution in [2.75, 3.05) is 78.5 Å². The Morgan fingerprint density at radius 3 is 0.982 bits per heavy atom. The Bertz CT molecular complexity index is 1310. The van der Waals surface area contributed by atoms with Gasteiger partial charge in [-0.15, -0.1) is 0 Å². The maximum atomic E-state index is 16.7. The second-order valence-corrected chi connectivity index (χ2v) is 18.7. The summed E-state index contributed by atoms with van der Waals surface area (Å²) in [4.78, 5) is 2.67. The predicted octanol–water partition coefficient (Wildman–Crippen LogP) is 8.38. The third kappa shape index (κ3) is 13.8. The molecule has 3 aromatic rings. The molecule has 0 saturated carbocycles. The number of nitrogens with two attached hydrogens (primary N) is 4. The minimum Gasteiger partial charge on any atom is -0.330 e. The molecule has 57 heavy (non-hydrogen) atoms. The van der Waals surface area contributed by atoms with E-state index >= 15 is 4.57 Å². The first-order valence-corrected chi connectivity index (χ1v) is 24.2. The van der Waals surface area contributed by atoms with Crippen LogP contribution in [0.2, 0.25) is 0 Å². The van der Waals surface area contributed by atoms with Crippen molar-refractivity contribution in [3.63, 3.8) is 0 Å². The molecule has 318 valence electrons. The second kappa shape index (κ2) is 27.4. The van der Waals surface area contributed by atoms with Crippen LogP contribution < -0.4 is 22.9 Å². The number of hydrogen-bond acceptors (Lipinski definition) is 6. The van der Waals surface area contributed by atoms with Gasteiger partial charge in [-0.05, 0) is 94.2 Å².